The van der Waals surface area contributed by atoms with Gasteiger partial charge in [0.15, 0.2) is 5.69 Å². The first kappa shape index (κ1) is 10.2. The second-order valence-electron chi connectivity index (χ2n) is 2.66. The lowest BCUT2D eigenvalue weighted by Gasteiger charge is -2.10. The topological polar surface area (TPSA) is 92.4 Å². The standard InChI is InChI=1S/C8H10N2O4/c1-2-5(8(12)13)9-7(11)6-3-4-14-10-6/h3-5H,2H2,1H3,(H,9,11)(H,12,13)/t5-/m0/s1. The Labute approximate surface area is 79.9 Å². The number of nitrogens with one attached hydrogen (secondary N) is 1. The summed E-state index contributed by atoms with van der Waals surface area (Å²) < 4.78 is 4.45. The minimum absolute atomic E-state index is 0.0738. The summed E-state index contributed by atoms with van der Waals surface area (Å²) in [5.41, 5.74) is 0.0738. The summed E-state index contributed by atoms with van der Waals surface area (Å²) in [6.07, 6.45) is 1.57. The van der Waals surface area contributed by atoms with Crippen molar-refractivity contribution in [2.45, 2.75) is 19.4 Å². The van der Waals surface area contributed by atoms with Gasteiger partial charge >= 0.3 is 5.97 Å². The lowest BCUT2D eigenvalue weighted by Crippen LogP contribution is -2.40. The van der Waals surface area contributed by atoms with E-state index >= 15 is 0 Å². The minimum Gasteiger partial charge on any atom is -0.480 e. The number of hydrogen-bond donors (Lipinski definition) is 2. The molecule has 1 rings (SSSR count). The zero-order chi connectivity index (χ0) is 10.6. The van der Waals surface area contributed by atoms with Gasteiger partial charge in [-0.2, -0.15) is 0 Å². The van der Waals surface area contributed by atoms with Crippen molar-refractivity contribution in [1.29, 1.82) is 0 Å². The van der Waals surface area contributed by atoms with Crippen LogP contribution in [-0.2, 0) is 4.79 Å². The van der Waals surface area contributed by atoms with E-state index in [0.717, 1.165) is 0 Å². The van der Waals surface area contributed by atoms with E-state index in [1.165, 1.54) is 12.3 Å². The molecular weight excluding hydrogens is 188 g/mol. The fraction of sp³-hybridized carbons (Fsp3) is 0.375. The van der Waals surface area contributed by atoms with Gasteiger partial charge in [0.1, 0.15) is 12.3 Å². The average molecular weight is 198 g/mol. The summed E-state index contributed by atoms with van der Waals surface area (Å²) >= 11 is 0. The minimum atomic E-state index is -1.07. The van der Waals surface area contributed by atoms with Crippen LogP contribution in [0.2, 0.25) is 0 Å². The highest BCUT2D eigenvalue weighted by molar-refractivity contribution is 5.94. The first-order chi connectivity index (χ1) is 6.65. The largest absolute Gasteiger partial charge is 0.480 e. The Balaban J connectivity index is 2.60. The highest BCUT2D eigenvalue weighted by Crippen LogP contribution is 1.97. The predicted octanol–water partition coefficient (Wildman–Crippen LogP) is 0.268. The van der Waals surface area contributed by atoms with Gasteiger partial charge in [0.05, 0.1) is 0 Å². The third-order valence-corrected chi connectivity index (χ3v) is 1.68. The maximum atomic E-state index is 11.3. The van der Waals surface area contributed by atoms with Crippen LogP contribution in [0.15, 0.2) is 16.9 Å². The first-order valence-corrected chi connectivity index (χ1v) is 4.09. The molecule has 0 aliphatic heterocycles. The third-order valence-electron chi connectivity index (χ3n) is 1.68. The molecule has 0 aliphatic carbocycles. The number of carbonyl (C=O) groups excluding carboxylic acids is 1. The van der Waals surface area contributed by atoms with Crippen molar-refractivity contribution < 1.29 is 19.2 Å². The number of carboxylic acids is 1. The van der Waals surface area contributed by atoms with E-state index in [-0.39, 0.29) is 5.69 Å². The van der Waals surface area contributed by atoms with Crippen LogP contribution in [0.25, 0.3) is 0 Å². The molecule has 0 saturated heterocycles. The van der Waals surface area contributed by atoms with E-state index in [4.69, 9.17) is 5.11 Å². The molecule has 76 valence electrons. The molecular formula is C8H10N2O4. The SMILES string of the molecule is CC[C@H](NC(=O)c1ccon1)C(=O)O. The van der Waals surface area contributed by atoms with Crippen molar-refractivity contribution in [2.75, 3.05) is 0 Å². The van der Waals surface area contributed by atoms with Crippen LogP contribution < -0.4 is 5.32 Å². The van der Waals surface area contributed by atoms with E-state index in [9.17, 15) is 9.59 Å². The monoisotopic (exact) mass is 198 g/mol. The molecule has 1 aromatic heterocycles. The summed E-state index contributed by atoms with van der Waals surface area (Å²) in [4.78, 5) is 21.9. The van der Waals surface area contributed by atoms with E-state index in [2.05, 4.69) is 15.0 Å². The van der Waals surface area contributed by atoms with Crippen molar-refractivity contribution in [3.05, 3.63) is 18.0 Å². The van der Waals surface area contributed by atoms with Gasteiger partial charge in [-0.3, -0.25) is 4.79 Å². The van der Waals surface area contributed by atoms with Crippen LogP contribution in [-0.4, -0.2) is 28.2 Å². The summed E-state index contributed by atoms with van der Waals surface area (Å²) in [5, 5.41) is 14.4. The molecule has 0 saturated carbocycles. The molecule has 0 radical (unpaired) electrons. The van der Waals surface area contributed by atoms with Crippen LogP contribution in [0.1, 0.15) is 23.8 Å². The van der Waals surface area contributed by atoms with Gasteiger partial charge in [0, 0.05) is 6.07 Å². The van der Waals surface area contributed by atoms with Crippen molar-refractivity contribution >= 4 is 11.9 Å². The Kier molecular flexibility index (Phi) is 3.22. The van der Waals surface area contributed by atoms with Crippen LogP contribution >= 0.6 is 0 Å². The van der Waals surface area contributed by atoms with Gasteiger partial charge in [-0.1, -0.05) is 12.1 Å². The number of nitrogens with zero attached hydrogens (tertiary/aromatic N) is 1. The zero-order valence-corrected chi connectivity index (χ0v) is 7.56. The Bertz CT molecular complexity index is 320. The number of carbonyl (C=O) groups is 2. The van der Waals surface area contributed by atoms with Crippen molar-refractivity contribution in [3.8, 4) is 0 Å². The lowest BCUT2D eigenvalue weighted by atomic mass is 10.2. The number of rotatable bonds is 4. The molecule has 1 heterocycles. The summed E-state index contributed by atoms with van der Waals surface area (Å²) in [7, 11) is 0. The molecule has 1 aromatic rings. The van der Waals surface area contributed by atoms with Crippen LogP contribution in [0.5, 0.6) is 0 Å². The molecule has 2 N–H and O–H groups in total. The molecule has 1 amide bonds. The number of aromatic nitrogens is 1. The van der Waals surface area contributed by atoms with Gasteiger partial charge in [-0.25, -0.2) is 4.79 Å². The molecule has 14 heavy (non-hydrogen) atoms. The van der Waals surface area contributed by atoms with Gasteiger partial charge in [-0.15, -0.1) is 0 Å². The number of aliphatic carboxylic acids is 1. The van der Waals surface area contributed by atoms with Gasteiger partial charge < -0.3 is 14.9 Å². The second kappa shape index (κ2) is 4.40. The number of hydrogen-bond acceptors (Lipinski definition) is 4. The Morgan fingerprint density at radius 2 is 2.43 bits per heavy atom. The predicted molar refractivity (Wildman–Crippen MR) is 45.7 cm³/mol. The van der Waals surface area contributed by atoms with Crippen molar-refractivity contribution in [2.24, 2.45) is 0 Å². The van der Waals surface area contributed by atoms with Crippen molar-refractivity contribution in [3.63, 3.8) is 0 Å². The average Bonchev–Trinajstić information content (AvgIpc) is 2.65. The quantitative estimate of drug-likeness (QED) is 0.724. The molecule has 6 heteroatoms. The second-order valence-corrected chi connectivity index (χ2v) is 2.66. The van der Waals surface area contributed by atoms with E-state index in [0.29, 0.717) is 6.42 Å². The lowest BCUT2D eigenvalue weighted by molar-refractivity contribution is -0.139. The van der Waals surface area contributed by atoms with E-state index in [1.807, 2.05) is 0 Å². The molecule has 0 aliphatic rings. The summed E-state index contributed by atoms with van der Waals surface area (Å²) in [6.45, 7) is 1.67. The Morgan fingerprint density at radius 3 is 2.86 bits per heavy atom. The number of carboxylic acid groups (broad SMARTS) is 1. The molecule has 0 aromatic carbocycles. The fourth-order valence-electron chi connectivity index (χ4n) is 0.900. The smallest absolute Gasteiger partial charge is 0.326 e. The molecule has 0 bridgehead atoms. The van der Waals surface area contributed by atoms with Gasteiger partial charge in [-0.05, 0) is 6.42 Å². The normalized spacial score (nSPS) is 12.1. The molecule has 6 nitrogen and oxygen atoms in total. The Morgan fingerprint density at radius 1 is 1.71 bits per heavy atom. The number of amides is 1. The third kappa shape index (κ3) is 2.32. The van der Waals surface area contributed by atoms with E-state index in [1.54, 1.807) is 6.92 Å². The fourth-order valence-corrected chi connectivity index (χ4v) is 0.900. The molecule has 0 fully saturated rings. The molecule has 0 spiro atoms. The highest BCUT2D eigenvalue weighted by Gasteiger charge is 2.19. The van der Waals surface area contributed by atoms with Gasteiger partial charge in [0.25, 0.3) is 5.91 Å². The molecule has 0 unspecified atom stereocenters. The van der Waals surface area contributed by atoms with Crippen LogP contribution in [0.4, 0.5) is 0 Å². The highest BCUT2D eigenvalue weighted by atomic mass is 16.5. The maximum Gasteiger partial charge on any atom is 0.326 e. The summed E-state index contributed by atoms with van der Waals surface area (Å²) in [6, 6.07) is 0.475. The van der Waals surface area contributed by atoms with Crippen LogP contribution in [0, 0.1) is 0 Å². The van der Waals surface area contributed by atoms with Crippen LogP contribution in [0.3, 0.4) is 0 Å². The van der Waals surface area contributed by atoms with Gasteiger partial charge in [0.2, 0.25) is 0 Å². The maximum absolute atomic E-state index is 11.3. The van der Waals surface area contributed by atoms with Crippen molar-refractivity contribution in [1.82, 2.24) is 10.5 Å². The summed E-state index contributed by atoms with van der Waals surface area (Å²) in [5.74, 6) is -1.61. The first-order valence-electron chi connectivity index (χ1n) is 4.09. The van der Waals surface area contributed by atoms with E-state index < -0.39 is 17.9 Å². The Hall–Kier alpha value is -1.85. The zero-order valence-electron chi connectivity index (χ0n) is 7.56. The molecule has 1 atom stereocenters.